The van der Waals surface area contributed by atoms with E-state index in [1.807, 2.05) is 12.1 Å². The van der Waals surface area contributed by atoms with E-state index in [-0.39, 0.29) is 0 Å². The normalized spacial score (nSPS) is 23.2. The lowest BCUT2D eigenvalue weighted by molar-refractivity contribution is 0.300. The number of rotatable bonds is 6. The van der Waals surface area contributed by atoms with Gasteiger partial charge in [0, 0.05) is 19.1 Å². The number of benzene rings is 1. The Morgan fingerprint density at radius 1 is 1.30 bits per heavy atom. The smallest absolute Gasteiger partial charge is 0.137 e. The summed E-state index contributed by atoms with van der Waals surface area (Å²) in [5, 5.41) is 0.737. The molecule has 0 aromatic heterocycles. The second-order valence-corrected chi connectivity index (χ2v) is 6.53. The van der Waals surface area contributed by atoms with Gasteiger partial charge in [-0.15, -0.1) is 0 Å². The molecule has 2 aliphatic rings. The van der Waals surface area contributed by atoms with Crippen LogP contribution in [0.4, 0.5) is 0 Å². The van der Waals surface area contributed by atoms with Gasteiger partial charge in [-0.05, 0) is 55.8 Å². The first-order valence-corrected chi connectivity index (χ1v) is 7.97. The van der Waals surface area contributed by atoms with Crippen molar-refractivity contribution in [2.24, 2.45) is 11.7 Å². The molecule has 0 spiro atoms. The molecule has 0 radical (unpaired) electrons. The maximum Gasteiger partial charge on any atom is 0.137 e. The quantitative estimate of drug-likeness (QED) is 0.877. The van der Waals surface area contributed by atoms with Gasteiger partial charge in [0.1, 0.15) is 5.75 Å². The molecule has 2 N–H and O–H groups in total. The van der Waals surface area contributed by atoms with Crippen molar-refractivity contribution in [3.05, 3.63) is 28.8 Å². The van der Waals surface area contributed by atoms with Gasteiger partial charge in [0.25, 0.3) is 0 Å². The fraction of sp³-hybridized carbons (Fsp3) is 0.625. The van der Waals surface area contributed by atoms with Crippen LogP contribution in [-0.2, 0) is 6.42 Å². The summed E-state index contributed by atoms with van der Waals surface area (Å²) in [6.45, 7) is 4.02. The van der Waals surface area contributed by atoms with E-state index in [9.17, 15) is 0 Å². The molecule has 1 saturated heterocycles. The van der Waals surface area contributed by atoms with E-state index in [0.717, 1.165) is 55.8 Å². The monoisotopic (exact) mass is 294 g/mol. The zero-order valence-corrected chi connectivity index (χ0v) is 12.6. The summed E-state index contributed by atoms with van der Waals surface area (Å²) >= 11 is 6.29. The summed E-state index contributed by atoms with van der Waals surface area (Å²) in [5.74, 6) is 1.58. The van der Waals surface area contributed by atoms with Crippen molar-refractivity contribution in [2.75, 3.05) is 26.2 Å². The SMILES string of the molecule is N[C@H]1CCN(CCc2ccc(OCC3CC3)c(Cl)c2)C1. The summed E-state index contributed by atoms with van der Waals surface area (Å²) in [6, 6.07) is 6.54. The third kappa shape index (κ3) is 3.87. The zero-order valence-electron chi connectivity index (χ0n) is 11.9. The lowest BCUT2D eigenvalue weighted by Gasteiger charge is -2.15. The minimum atomic E-state index is 0.358. The number of likely N-dealkylation sites (tertiary alicyclic amines) is 1. The highest BCUT2D eigenvalue weighted by Gasteiger charge is 2.22. The molecule has 1 atom stereocenters. The fourth-order valence-corrected chi connectivity index (χ4v) is 2.92. The topological polar surface area (TPSA) is 38.5 Å². The Hall–Kier alpha value is -0.770. The van der Waals surface area contributed by atoms with Crippen molar-refractivity contribution in [2.45, 2.75) is 31.7 Å². The van der Waals surface area contributed by atoms with Gasteiger partial charge in [0.15, 0.2) is 0 Å². The lowest BCUT2D eigenvalue weighted by Crippen LogP contribution is -2.28. The third-order valence-corrected chi connectivity index (χ3v) is 4.49. The van der Waals surface area contributed by atoms with E-state index in [1.165, 1.54) is 18.4 Å². The molecular weight excluding hydrogens is 272 g/mol. The van der Waals surface area contributed by atoms with Crippen molar-refractivity contribution in [1.29, 1.82) is 0 Å². The highest BCUT2D eigenvalue weighted by atomic mass is 35.5. The van der Waals surface area contributed by atoms with E-state index < -0.39 is 0 Å². The molecule has 1 heterocycles. The number of nitrogens with zero attached hydrogens (tertiary/aromatic N) is 1. The molecule has 4 heteroatoms. The Morgan fingerprint density at radius 3 is 2.80 bits per heavy atom. The van der Waals surface area contributed by atoms with Gasteiger partial charge in [-0.25, -0.2) is 0 Å². The first-order chi connectivity index (χ1) is 9.70. The number of nitrogens with two attached hydrogens (primary N) is 1. The number of ether oxygens (including phenoxy) is 1. The molecule has 0 bridgehead atoms. The van der Waals surface area contributed by atoms with Gasteiger partial charge in [0.05, 0.1) is 11.6 Å². The van der Waals surface area contributed by atoms with Crippen LogP contribution in [-0.4, -0.2) is 37.2 Å². The first kappa shape index (κ1) is 14.2. The maximum atomic E-state index is 6.29. The maximum absolute atomic E-state index is 6.29. The fourth-order valence-electron chi connectivity index (χ4n) is 2.66. The lowest BCUT2D eigenvalue weighted by atomic mass is 10.1. The molecule has 1 aliphatic heterocycles. The van der Waals surface area contributed by atoms with E-state index in [1.54, 1.807) is 0 Å². The molecule has 1 saturated carbocycles. The van der Waals surface area contributed by atoms with Crippen LogP contribution in [0, 0.1) is 5.92 Å². The van der Waals surface area contributed by atoms with Crippen LogP contribution in [0.5, 0.6) is 5.75 Å². The molecule has 110 valence electrons. The number of halogens is 1. The van der Waals surface area contributed by atoms with Crippen LogP contribution >= 0.6 is 11.6 Å². The Labute approximate surface area is 126 Å². The van der Waals surface area contributed by atoms with Gasteiger partial charge in [-0.2, -0.15) is 0 Å². The second kappa shape index (κ2) is 6.33. The Bertz CT molecular complexity index is 462. The summed E-state index contributed by atoms with van der Waals surface area (Å²) in [5.41, 5.74) is 7.19. The molecule has 3 nitrogen and oxygen atoms in total. The molecule has 1 aromatic carbocycles. The Kier molecular flexibility index (Phi) is 4.49. The third-order valence-electron chi connectivity index (χ3n) is 4.19. The highest BCUT2D eigenvalue weighted by Crippen LogP contribution is 2.32. The van der Waals surface area contributed by atoms with Crippen molar-refractivity contribution in [3.63, 3.8) is 0 Å². The van der Waals surface area contributed by atoms with E-state index >= 15 is 0 Å². The number of hydrogen-bond acceptors (Lipinski definition) is 3. The second-order valence-electron chi connectivity index (χ2n) is 6.12. The molecular formula is C16H23ClN2O. The van der Waals surface area contributed by atoms with Crippen LogP contribution in [0.2, 0.25) is 5.02 Å². The molecule has 0 unspecified atom stereocenters. The van der Waals surface area contributed by atoms with Crippen LogP contribution < -0.4 is 10.5 Å². The summed E-state index contributed by atoms with van der Waals surface area (Å²) in [6.07, 6.45) is 4.74. The first-order valence-electron chi connectivity index (χ1n) is 7.60. The molecule has 3 rings (SSSR count). The summed E-state index contributed by atoms with van der Waals surface area (Å²) in [4.78, 5) is 2.43. The average molecular weight is 295 g/mol. The van der Waals surface area contributed by atoms with Crippen LogP contribution in [0.1, 0.15) is 24.8 Å². The number of hydrogen-bond donors (Lipinski definition) is 1. The predicted molar refractivity (Wildman–Crippen MR) is 82.4 cm³/mol. The van der Waals surface area contributed by atoms with Crippen LogP contribution in [0.25, 0.3) is 0 Å². The predicted octanol–water partition coefficient (Wildman–Crippen LogP) is 2.70. The van der Waals surface area contributed by atoms with E-state index in [2.05, 4.69) is 11.0 Å². The standard InChI is InChI=1S/C16H23ClN2O/c17-15-9-12(5-7-19-8-6-14(18)10-19)3-4-16(15)20-11-13-1-2-13/h3-4,9,13-14H,1-2,5-8,10-11,18H2/t14-/m0/s1. The molecule has 20 heavy (non-hydrogen) atoms. The zero-order chi connectivity index (χ0) is 13.9. The van der Waals surface area contributed by atoms with E-state index in [4.69, 9.17) is 22.1 Å². The molecule has 2 fully saturated rings. The minimum Gasteiger partial charge on any atom is -0.492 e. The van der Waals surface area contributed by atoms with Crippen molar-refractivity contribution in [1.82, 2.24) is 4.90 Å². The molecule has 1 aliphatic carbocycles. The van der Waals surface area contributed by atoms with Crippen LogP contribution in [0.15, 0.2) is 18.2 Å². The molecule has 1 aromatic rings. The van der Waals surface area contributed by atoms with Gasteiger partial charge in [-0.3, -0.25) is 0 Å². The van der Waals surface area contributed by atoms with E-state index in [0.29, 0.717) is 6.04 Å². The van der Waals surface area contributed by atoms with Crippen molar-refractivity contribution in [3.8, 4) is 5.75 Å². The van der Waals surface area contributed by atoms with Gasteiger partial charge in [-0.1, -0.05) is 17.7 Å². The summed E-state index contributed by atoms with van der Waals surface area (Å²) in [7, 11) is 0. The Morgan fingerprint density at radius 2 is 2.15 bits per heavy atom. The van der Waals surface area contributed by atoms with Gasteiger partial charge in [0.2, 0.25) is 0 Å². The average Bonchev–Trinajstić information content (AvgIpc) is 3.17. The largest absolute Gasteiger partial charge is 0.492 e. The summed E-state index contributed by atoms with van der Waals surface area (Å²) < 4.78 is 5.75. The van der Waals surface area contributed by atoms with Crippen molar-refractivity contribution >= 4 is 11.6 Å². The van der Waals surface area contributed by atoms with Crippen molar-refractivity contribution < 1.29 is 4.74 Å². The minimum absolute atomic E-state index is 0.358. The van der Waals surface area contributed by atoms with Gasteiger partial charge < -0.3 is 15.4 Å². The molecule has 0 amide bonds. The highest BCUT2D eigenvalue weighted by molar-refractivity contribution is 6.32. The van der Waals surface area contributed by atoms with Gasteiger partial charge >= 0.3 is 0 Å². The Balaban J connectivity index is 1.50. The van der Waals surface area contributed by atoms with Crippen LogP contribution in [0.3, 0.4) is 0 Å².